The Hall–Kier alpha value is -2.80. The molecule has 1 aromatic heterocycles. The fourth-order valence-corrected chi connectivity index (χ4v) is 5.78. The summed E-state index contributed by atoms with van der Waals surface area (Å²) in [5.41, 5.74) is -0.274. The molecule has 2 amide bonds. The average Bonchev–Trinajstić information content (AvgIpc) is 3.59. The van der Waals surface area contributed by atoms with Gasteiger partial charge in [-0.15, -0.1) is 0 Å². The van der Waals surface area contributed by atoms with Gasteiger partial charge in [-0.1, -0.05) is 0 Å². The normalized spacial score (nSPS) is 21.0. The summed E-state index contributed by atoms with van der Waals surface area (Å²) in [5, 5.41) is 0. The summed E-state index contributed by atoms with van der Waals surface area (Å²) < 4.78 is 36.5. The summed E-state index contributed by atoms with van der Waals surface area (Å²) >= 11 is 0. The number of piperidine rings is 1. The molecule has 3 fully saturated rings. The second kappa shape index (κ2) is 10.2. The molecule has 0 unspecified atom stereocenters. The van der Waals surface area contributed by atoms with Gasteiger partial charge in [0.25, 0.3) is 0 Å². The maximum atomic E-state index is 12.9. The predicted molar refractivity (Wildman–Crippen MR) is 134 cm³/mol. The van der Waals surface area contributed by atoms with Crippen molar-refractivity contribution in [1.82, 2.24) is 19.2 Å². The van der Waals surface area contributed by atoms with Crippen molar-refractivity contribution < 1.29 is 32.3 Å². The molecule has 0 aromatic carbocycles. The molecular weight excluding hydrogens is 502 g/mol. The lowest BCUT2D eigenvalue weighted by molar-refractivity contribution is -0.121. The van der Waals surface area contributed by atoms with E-state index in [-0.39, 0.29) is 37.2 Å². The van der Waals surface area contributed by atoms with Gasteiger partial charge in [0.1, 0.15) is 10.3 Å². The molecule has 3 heterocycles. The predicted octanol–water partition coefficient (Wildman–Crippen LogP) is 1.60. The Labute approximate surface area is 217 Å². The number of hydrogen-bond acceptors (Lipinski definition) is 9. The highest BCUT2D eigenvalue weighted by atomic mass is 32.2. The Morgan fingerprint density at radius 2 is 1.78 bits per heavy atom. The molecule has 12 nitrogen and oxygen atoms in total. The Morgan fingerprint density at radius 3 is 2.32 bits per heavy atom. The zero-order chi connectivity index (χ0) is 27.0. The molecule has 1 aliphatic carbocycles. The highest BCUT2D eigenvalue weighted by Gasteiger charge is 2.46. The number of nitrogens with zero attached hydrogens (tertiary/aromatic N) is 5. The van der Waals surface area contributed by atoms with E-state index in [0.717, 1.165) is 30.0 Å². The fourth-order valence-electron chi connectivity index (χ4n) is 4.17. The van der Waals surface area contributed by atoms with E-state index in [1.165, 1.54) is 38.1 Å². The van der Waals surface area contributed by atoms with Crippen LogP contribution in [0.3, 0.4) is 0 Å². The first kappa shape index (κ1) is 27.2. The number of ether oxygens (including phenoxy) is 2. The standard InChI is InChI=1S/C24H35N5O7S/c1-17(30)23(2,3)37(33,34)28-11-12-29(21(31)15-28)19-13-26-20(14-25-19)35-16-18-5-9-27(10-6-18)22(32)36-24(4)7-8-24/h13-14,18H,5-12,15-16H2,1-4H3. The third-order valence-corrected chi connectivity index (χ3v) is 10.1. The smallest absolute Gasteiger partial charge is 0.410 e. The number of Topliss-reactive ketones (excluding diaryl/α,β-unsaturated/α-hetero) is 1. The van der Waals surface area contributed by atoms with Gasteiger partial charge in [-0.05, 0) is 59.3 Å². The van der Waals surface area contributed by atoms with Crippen LogP contribution in [0, 0.1) is 5.92 Å². The number of carbonyl (C=O) groups is 3. The minimum absolute atomic E-state index is 0.0518. The van der Waals surface area contributed by atoms with E-state index in [4.69, 9.17) is 9.47 Å². The van der Waals surface area contributed by atoms with Crippen molar-refractivity contribution in [2.45, 2.75) is 63.7 Å². The number of ketones is 1. The van der Waals surface area contributed by atoms with Crippen LogP contribution < -0.4 is 9.64 Å². The van der Waals surface area contributed by atoms with Crippen LogP contribution in [-0.4, -0.2) is 95.1 Å². The molecule has 0 bridgehead atoms. The molecule has 2 aliphatic heterocycles. The summed E-state index contributed by atoms with van der Waals surface area (Å²) in [6.45, 7) is 7.34. The molecule has 0 N–H and O–H groups in total. The second-order valence-electron chi connectivity index (χ2n) is 10.7. The Morgan fingerprint density at radius 1 is 1.11 bits per heavy atom. The number of likely N-dealkylation sites (tertiary alicyclic amines) is 1. The van der Waals surface area contributed by atoms with Gasteiger partial charge in [-0.25, -0.2) is 23.2 Å². The van der Waals surface area contributed by atoms with Crippen LogP contribution in [0.1, 0.15) is 53.4 Å². The van der Waals surface area contributed by atoms with E-state index in [9.17, 15) is 22.8 Å². The van der Waals surface area contributed by atoms with Gasteiger partial charge >= 0.3 is 6.09 Å². The Bertz CT molecular complexity index is 1140. The van der Waals surface area contributed by atoms with Gasteiger partial charge in [-0.2, -0.15) is 4.31 Å². The second-order valence-corrected chi connectivity index (χ2v) is 13.2. The third-order valence-electron chi connectivity index (χ3n) is 7.54. The number of anilines is 1. The van der Waals surface area contributed by atoms with Crippen molar-refractivity contribution in [3.8, 4) is 5.88 Å². The van der Waals surface area contributed by atoms with Crippen LogP contribution >= 0.6 is 0 Å². The van der Waals surface area contributed by atoms with Gasteiger partial charge < -0.3 is 14.4 Å². The number of piperazine rings is 1. The first-order chi connectivity index (χ1) is 17.3. The quantitative estimate of drug-likeness (QED) is 0.484. The lowest BCUT2D eigenvalue weighted by Crippen LogP contribution is -2.57. The summed E-state index contributed by atoms with van der Waals surface area (Å²) in [6.07, 6.45) is 6.08. The van der Waals surface area contributed by atoms with E-state index in [1.807, 2.05) is 6.92 Å². The molecule has 3 aliphatic rings. The summed E-state index contributed by atoms with van der Waals surface area (Å²) in [6, 6.07) is 0. The first-order valence-electron chi connectivity index (χ1n) is 12.6. The van der Waals surface area contributed by atoms with E-state index in [1.54, 1.807) is 4.90 Å². The molecular formula is C24H35N5O7S. The maximum Gasteiger partial charge on any atom is 0.410 e. The number of sulfonamides is 1. The van der Waals surface area contributed by atoms with Gasteiger partial charge in [0.05, 0.1) is 25.5 Å². The van der Waals surface area contributed by atoms with E-state index >= 15 is 0 Å². The van der Waals surface area contributed by atoms with Gasteiger partial charge in [-0.3, -0.25) is 14.5 Å². The number of carbonyl (C=O) groups excluding carboxylic acids is 3. The topological polar surface area (TPSA) is 139 Å². The van der Waals surface area contributed by atoms with Crippen LogP contribution in [0.5, 0.6) is 5.88 Å². The zero-order valence-corrected chi connectivity index (χ0v) is 22.6. The molecule has 37 heavy (non-hydrogen) atoms. The minimum Gasteiger partial charge on any atom is -0.476 e. The van der Waals surface area contributed by atoms with Crippen molar-refractivity contribution in [1.29, 1.82) is 0 Å². The van der Waals surface area contributed by atoms with Crippen LogP contribution in [0.2, 0.25) is 0 Å². The monoisotopic (exact) mass is 537 g/mol. The molecule has 2 saturated heterocycles. The molecule has 13 heteroatoms. The van der Waals surface area contributed by atoms with Crippen LogP contribution in [0.25, 0.3) is 0 Å². The summed E-state index contributed by atoms with van der Waals surface area (Å²) in [7, 11) is -3.99. The van der Waals surface area contributed by atoms with Crippen molar-refractivity contribution in [3.05, 3.63) is 12.4 Å². The van der Waals surface area contributed by atoms with Crippen molar-refractivity contribution in [3.63, 3.8) is 0 Å². The van der Waals surface area contributed by atoms with Crippen molar-refractivity contribution in [2.24, 2.45) is 5.92 Å². The third kappa shape index (κ3) is 5.87. The SMILES string of the molecule is CC(=O)C(C)(C)S(=O)(=O)N1CCN(c2cnc(OCC3CCN(C(=O)OC4(C)CC4)CC3)cn2)C(=O)C1. The highest BCUT2D eigenvalue weighted by Crippen LogP contribution is 2.39. The lowest BCUT2D eigenvalue weighted by Gasteiger charge is -2.36. The largest absolute Gasteiger partial charge is 0.476 e. The van der Waals surface area contributed by atoms with Gasteiger partial charge in [0.15, 0.2) is 11.6 Å². The highest BCUT2D eigenvalue weighted by molar-refractivity contribution is 7.91. The van der Waals surface area contributed by atoms with Crippen LogP contribution in [0.4, 0.5) is 10.6 Å². The van der Waals surface area contributed by atoms with Crippen LogP contribution in [-0.2, 0) is 24.3 Å². The lowest BCUT2D eigenvalue weighted by atomic mass is 9.98. The zero-order valence-electron chi connectivity index (χ0n) is 21.8. The Balaban J connectivity index is 1.25. The molecule has 204 valence electrons. The van der Waals surface area contributed by atoms with E-state index < -0.39 is 26.5 Å². The van der Waals surface area contributed by atoms with E-state index in [0.29, 0.717) is 31.4 Å². The number of amides is 2. The average molecular weight is 538 g/mol. The first-order valence-corrected chi connectivity index (χ1v) is 14.0. The molecule has 1 aromatic rings. The van der Waals surface area contributed by atoms with E-state index in [2.05, 4.69) is 9.97 Å². The summed E-state index contributed by atoms with van der Waals surface area (Å²) in [4.78, 5) is 48.5. The van der Waals surface area contributed by atoms with Crippen LogP contribution in [0.15, 0.2) is 12.4 Å². The maximum absolute atomic E-state index is 12.9. The minimum atomic E-state index is -3.99. The number of hydrogen-bond donors (Lipinski definition) is 0. The summed E-state index contributed by atoms with van der Waals surface area (Å²) in [5.74, 6) is -0.0311. The number of aromatic nitrogens is 2. The van der Waals surface area contributed by atoms with Gasteiger partial charge in [0.2, 0.25) is 21.8 Å². The fraction of sp³-hybridized carbons (Fsp3) is 0.708. The molecule has 1 saturated carbocycles. The molecule has 0 atom stereocenters. The van der Waals surface area contributed by atoms with Crippen molar-refractivity contribution >= 4 is 33.6 Å². The molecule has 0 spiro atoms. The Kier molecular flexibility index (Phi) is 7.48. The van der Waals surface area contributed by atoms with Gasteiger partial charge in [0, 0.05) is 26.2 Å². The molecule has 0 radical (unpaired) electrons. The van der Waals surface area contributed by atoms with Crippen molar-refractivity contribution in [2.75, 3.05) is 44.2 Å². The molecule has 4 rings (SSSR count). The number of rotatable bonds is 8.